The van der Waals surface area contributed by atoms with Crippen molar-refractivity contribution in [2.24, 2.45) is 17.8 Å². The van der Waals surface area contributed by atoms with E-state index in [4.69, 9.17) is 4.74 Å². The molecule has 5 aliphatic rings. The second kappa shape index (κ2) is 7.73. The summed E-state index contributed by atoms with van der Waals surface area (Å²) in [5.41, 5.74) is 1.12. The molecule has 0 aromatic heterocycles. The van der Waals surface area contributed by atoms with Crippen LogP contribution in [0.5, 0.6) is 0 Å². The van der Waals surface area contributed by atoms with E-state index in [0.717, 1.165) is 31.4 Å². The maximum absolute atomic E-state index is 13.4. The van der Waals surface area contributed by atoms with Crippen molar-refractivity contribution in [2.45, 2.75) is 38.3 Å². The monoisotopic (exact) mass is 426 g/mol. The number of ether oxygens (including phenoxy) is 1. The van der Waals surface area contributed by atoms with Gasteiger partial charge in [0, 0.05) is 43.7 Å². The van der Waals surface area contributed by atoms with Crippen molar-refractivity contribution in [1.82, 2.24) is 15.1 Å². The van der Waals surface area contributed by atoms with Crippen LogP contribution >= 0.6 is 0 Å². The van der Waals surface area contributed by atoms with E-state index in [2.05, 4.69) is 10.6 Å². The Morgan fingerprint density at radius 2 is 1.84 bits per heavy atom. The van der Waals surface area contributed by atoms with Crippen molar-refractivity contribution in [2.75, 3.05) is 38.1 Å². The average Bonchev–Trinajstić information content (AvgIpc) is 2.79. The fourth-order valence-electron chi connectivity index (χ4n) is 6.00. The number of nitrogens with zero attached hydrogens (tertiary/aromatic N) is 2. The van der Waals surface area contributed by atoms with E-state index >= 15 is 0 Å². The van der Waals surface area contributed by atoms with Gasteiger partial charge in [0.15, 0.2) is 0 Å². The van der Waals surface area contributed by atoms with Crippen LogP contribution < -0.4 is 10.6 Å². The third-order valence-electron chi connectivity index (χ3n) is 7.58. The number of nitrogens with one attached hydrogen (secondary N) is 2. The summed E-state index contributed by atoms with van der Waals surface area (Å²) in [6.07, 6.45) is 3.30. The Morgan fingerprint density at radius 1 is 1.10 bits per heavy atom. The van der Waals surface area contributed by atoms with Crippen LogP contribution in [0.25, 0.3) is 0 Å². The normalized spacial score (nSPS) is 31.6. The number of carbonyl (C=O) groups is 3. The fraction of sp³-hybridized carbons (Fsp3) is 0.609. The van der Waals surface area contributed by atoms with Crippen LogP contribution in [0.15, 0.2) is 24.3 Å². The Morgan fingerprint density at radius 3 is 2.55 bits per heavy atom. The number of hydrogen-bond donors (Lipinski definition) is 2. The maximum Gasteiger partial charge on any atom is 0.409 e. The molecule has 2 bridgehead atoms. The number of anilines is 1. The van der Waals surface area contributed by atoms with Gasteiger partial charge in [-0.3, -0.25) is 9.59 Å². The van der Waals surface area contributed by atoms with Crippen molar-refractivity contribution in [3.8, 4) is 0 Å². The highest BCUT2D eigenvalue weighted by Crippen LogP contribution is 2.52. The van der Waals surface area contributed by atoms with Crippen LogP contribution in [-0.4, -0.2) is 66.2 Å². The second-order valence-electron chi connectivity index (χ2n) is 9.19. The summed E-state index contributed by atoms with van der Waals surface area (Å²) < 4.78 is 5.07. The number of benzene rings is 1. The van der Waals surface area contributed by atoms with Crippen LogP contribution in [0.2, 0.25) is 0 Å². The highest BCUT2D eigenvalue weighted by atomic mass is 16.6. The lowest BCUT2D eigenvalue weighted by molar-refractivity contribution is -0.144. The molecule has 6 rings (SSSR count). The van der Waals surface area contributed by atoms with Crippen LogP contribution in [0.4, 0.5) is 10.5 Å². The van der Waals surface area contributed by atoms with Gasteiger partial charge in [0.1, 0.15) is 5.66 Å². The molecule has 2 N–H and O–H groups in total. The first kappa shape index (κ1) is 20.2. The van der Waals surface area contributed by atoms with E-state index in [1.54, 1.807) is 11.8 Å². The lowest BCUT2D eigenvalue weighted by Crippen LogP contribution is -2.68. The first-order valence-electron chi connectivity index (χ1n) is 11.4. The zero-order valence-corrected chi connectivity index (χ0v) is 17.9. The van der Waals surface area contributed by atoms with Crippen molar-refractivity contribution in [3.63, 3.8) is 0 Å². The highest BCUT2D eigenvalue weighted by Gasteiger charge is 2.55. The van der Waals surface area contributed by atoms with Gasteiger partial charge in [0.25, 0.3) is 5.91 Å². The highest BCUT2D eigenvalue weighted by molar-refractivity contribution is 6.02. The molecule has 3 amide bonds. The first-order chi connectivity index (χ1) is 15.0. The molecule has 1 aromatic carbocycles. The molecule has 1 spiro atoms. The molecular weight excluding hydrogens is 396 g/mol. The van der Waals surface area contributed by atoms with E-state index in [1.165, 1.54) is 0 Å². The zero-order chi connectivity index (χ0) is 21.6. The molecule has 31 heavy (non-hydrogen) atoms. The Bertz CT molecular complexity index is 897. The van der Waals surface area contributed by atoms with Gasteiger partial charge in [-0.15, -0.1) is 0 Å². The molecule has 3 aliphatic carbocycles. The number of para-hydroxylation sites is 1. The standard InChI is InChI=1S/C23H30N4O4/c1-2-31-22(30)27-11-9-26(10-12-27)21(29)18-13-16-8-7-15(18)14-23(16)24-19-6-4-3-5-17(19)20(28)25-23/h3-6,15-16,18,24H,2,7-14H2,1H3,(H,25,28)/t15-,16+,18+,23-/m1/s1. The summed E-state index contributed by atoms with van der Waals surface area (Å²) in [5.74, 6) is 0.646. The Balaban J connectivity index is 1.25. The van der Waals surface area contributed by atoms with Gasteiger partial charge in [-0.05, 0) is 50.7 Å². The molecule has 2 aliphatic heterocycles. The van der Waals surface area contributed by atoms with Gasteiger partial charge in [-0.2, -0.15) is 0 Å². The van der Waals surface area contributed by atoms with Gasteiger partial charge < -0.3 is 25.2 Å². The van der Waals surface area contributed by atoms with Crippen molar-refractivity contribution < 1.29 is 19.1 Å². The van der Waals surface area contributed by atoms with Crippen molar-refractivity contribution in [1.29, 1.82) is 0 Å². The molecule has 2 heterocycles. The summed E-state index contributed by atoms with van der Waals surface area (Å²) in [5, 5.41) is 6.88. The fourth-order valence-corrected chi connectivity index (χ4v) is 6.00. The van der Waals surface area contributed by atoms with Crippen molar-refractivity contribution in [3.05, 3.63) is 29.8 Å². The molecule has 8 heteroatoms. The minimum atomic E-state index is -0.451. The van der Waals surface area contributed by atoms with Gasteiger partial charge in [0.2, 0.25) is 5.91 Å². The first-order valence-corrected chi connectivity index (χ1v) is 11.4. The van der Waals surface area contributed by atoms with Crippen LogP contribution in [0, 0.1) is 17.8 Å². The van der Waals surface area contributed by atoms with Gasteiger partial charge in [-0.25, -0.2) is 4.79 Å². The number of piperazine rings is 1. The Hall–Kier alpha value is -2.77. The zero-order valence-electron chi connectivity index (χ0n) is 17.9. The number of rotatable bonds is 2. The summed E-state index contributed by atoms with van der Waals surface area (Å²) in [7, 11) is 0. The van der Waals surface area contributed by atoms with E-state index in [9.17, 15) is 14.4 Å². The van der Waals surface area contributed by atoms with E-state index in [1.807, 2.05) is 29.2 Å². The number of hydrogen-bond acceptors (Lipinski definition) is 5. The Labute approximate surface area is 182 Å². The molecule has 1 saturated heterocycles. The summed E-state index contributed by atoms with van der Waals surface area (Å²) in [6.45, 7) is 4.30. The predicted molar refractivity (Wildman–Crippen MR) is 114 cm³/mol. The summed E-state index contributed by atoms with van der Waals surface area (Å²) >= 11 is 0. The third kappa shape index (κ3) is 3.42. The lowest BCUT2D eigenvalue weighted by atomic mass is 9.58. The predicted octanol–water partition coefficient (Wildman–Crippen LogP) is 2.28. The van der Waals surface area contributed by atoms with E-state index in [0.29, 0.717) is 38.3 Å². The minimum absolute atomic E-state index is 0.00519. The van der Waals surface area contributed by atoms with Gasteiger partial charge in [0.05, 0.1) is 12.2 Å². The molecule has 4 atom stereocenters. The number of fused-ring (bicyclic) bond motifs is 3. The maximum atomic E-state index is 13.4. The quantitative estimate of drug-likeness (QED) is 0.757. The van der Waals surface area contributed by atoms with Crippen molar-refractivity contribution >= 4 is 23.6 Å². The molecule has 166 valence electrons. The molecule has 4 fully saturated rings. The van der Waals surface area contributed by atoms with E-state index < -0.39 is 5.66 Å². The van der Waals surface area contributed by atoms with E-state index in [-0.39, 0.29) is 35.7 Å². The van der Waals surface area contributed by atoms with Crippen LogP contribution in [0.3, 0.4) is 0 Å². The third-order valence-corrected chi connectivity index (χ3v) is 7.58. The Kier molecular flexibility index (Phi) is 5.02. The topological polar surface area (TPSA) is 91.0 Å². The molecular formula is C23H30N4O4. The largest absolute Gasteiger partial charge is 0.450 e. The molecule has 8 nitrogen and oxygen atoms in total. The smallest absolute Gasteiger partial charge is 0.409 e. The van der Waals surface area contributed by atoms with Crippen LogP contribution in [0.1, 0.15) is 43.0 Å². The molecule has 1 aromatic rings. The molecule has 0 radical (unpaired) electrons. The van der Waals surface area contributed by atoms with Crippen LogP contribution in [-0.2, 0) is 9.53 Å². The molecule has 3 saturated carbocycles. The lowest BCUT2D eigenvalue weighted by Gasteiger charge is -2.57. The van der Waals surface area contributed by atoms with Gasteiger partial charge in [-0.1, -0.05) is 12.1 Å². The number of carbonyl (C=O) groups excluding carboxylic acids is 3. The second-order valence-corrected chi connectivity index (χ2v) is 9.19. The number of amides is 3. The average molecular weight is 427 g/mol. The molecule has 0 unspecified atom stereocenters. The minimum Gasteiger partial charge on any atom is -0.450 e. The SMILES string of the molecule is CCOC(=O)N1CCN(C(=O)[C@H]2C[C@@H]3CC[C@@H]2C[C@@]32NC(=O)c3ccccc3N2)CC1. The summed E-state index contributed by atoms with van der Waals surface area (Å²) in [6, 6.07) is 7.63. The van der Waals surface area contributed by atoms with Gasteiger partial charge >= 0.3 is 6.09 Å². The summed E-state index contributed by atoms with van der Waals surface area (Å²) in [4.78, 5) is 41.6.